The van der Waals surface area contributed by atoms with Gasteiger partial charge in [-0.1, -0.05) is 0 Å². The second-order valence-corrected chi connectivity index (χ2v) is 6.45. The van der Waals surface area contributed by atoms with Crippen molar-refractivity contribution >= 4 is 35.4 Å². The molecule has 0 saturated carbocycles. The van der Waals surface area contributed by atoms with E-state index in [9.17, 15) is 19.1 Å². The molecule has 1 atom stereocenters. The van der Waals surface area contributed by atoms with Gasteiger partial charge in [0.25, 0.3) is 5.91 Å². The quantitative estimate of drug-likeness (QED) is 0.834. The zero-order chi connectivity index (χ0) is 14.8. The highest BCUT2D eigenvalue weighted by atomic mass is 32.2. The molecule has 0 spiro atoms. The molecule has 1 saturated heterocycles. The van der Waals surface area contributed by atoms with E-state index in [1.807, 2.05) is 0 Å². The first-order valence-electron chi connectivity index (χ1n) is 5.96. The molecule has 1 heterocycles. The lowest BCUT2D eigenvalue weighted by Gasteiger charge is -2.24. The van der Waals surface area contributed by atoms with Gasteiger partial charge in [0.2, 0.25) is 0 Å². The van der Waals surface area contributed by atoms with Gasteiger partial charge in [0.1, 0.15) is 11.4 Å². The van der Waals surface area contributed by atoms with Gasteiger partial charge in [0.05, 0.1) is 0 Å². The monoisotopic (exact) mass is 315 g/mol. The van der Waals surface area contributed by atoms with Gasteiger partial charge in [-0.15, -0.1) is 11.8 Å². The lowest BCUT2D eigenvalue weighted by atomic mass is 9.98. The molecule has 0 aromatic heterocycles. The minimum atomic E-state index is -1.21. The largest absolute Gasteiger partial charge is 0.479 e. The van der Waals surface area contributed by atoms with Gasteiger partial charge in [0, 0.05) is 16.2 Å². The summed E-state index contributed by atoms with van der Waals surface area (Å²) < 4.78 is 13.4. The maximum atomic E-state index is 13.4. The van der Waals surface area contributed by atoms with Crippen LogP contribution in [0.5, 0.6) is 0 Å². The molecule has 108 valence electrons. The molecule has 1 aliphatic heterocycles. The van der Waals surface area contributed by atoms with Crippen LogP contribution in [0.2, 0.25) is 0 Å². The third kappa shape index (κ3) is 2.93. The van der Waals surface area contributed by atoms with Crippen LogP contribution in [-0.4, -0.2) is 40.3 Å². The summed E-state index contributed by atoms with van der Waals surface area (Å²) in [6.07, 6.45) is 2.11. The normalized spacial score (nSPS) is 21.7. The van der Waals surface area contributed by atoms with Crippen molar-refractivity contribution in [2.45, 2.75) is 16.9 Å². The summed E-state index contributed by atoms with van der Waals surface area (Å²) in [6, 6.07) is 4.02. The highest BCUT2D eigenvalue weighted by molar-refractivity contribution is 7.99. The number of hydrogen-bond donors (Lipinski definition) is 2. The zero-order valence-corrected chi connectivity index (χ0v) is 12.4. The molecule has 2 rings (SSSR count). The first-order valence-corrected chi connectivity index (χ1v) is 8.34. The van der Waals surface area contributed by atoms with Gasteiger partial charge >= 0.3 is 5.97 Å². The average Bonchev–Trinajstić information content (AvgIpc) is 2.89. The van der Waals surface area contributed by atoms with Crippen LogP contribution in [-0.2, 0) is 4.79 Å². The van der Waals surface area contributed by atoms with Crippen LogP contribution in [0.15, 0.2) is 23.1 Å². The summed E-state index contributed by atoms with van der Waals surface area (Å²) in [4.78, 5) is 23.9. The van der Waals surface area contributed by atoms with Gasteiger partial charge in [0.15, 0.2) is 0 Å². The van der Waals surface area contributed by atoms with Crippen LogP contribution in [0.3, 0.4) is 0 Å². The molecule has 1 aromatic rings. The van der Waals surface area contributed by atoms with Crippen molar-refractivity contribution in [2.75, 3.05) is 17.8 Å². The van der Waals surface area contributed by atoms with E-state index in [0.29, 0.717) is 22.8 Å². The van der Waals surface area contributed by atoms with Gasteiger partial charge < -0.3 is 10.4 Å². The molecule has 1 aromatic carbocycles. The van der Waals surface area contributed by atoms with E-state index in [4.69, 9.17) is 0 Å². The Hall–Kier alpha value is -1.21. The number of carbonyl (C=O) groups is 2. The number of nitrogens with one attached hydrogen (secondary N) is 1. The molecule has 0 radical (unpaired) electrons. The van der Waals surface area contributed by atoms with Crippen LogP contribution in [0.25, 0.3) is 0 Å². The van der Waals surface area contributed by atoms with Crippen LogP contribution in [0, 0.1) is 5.82 Å². The number of carbonyl (C=O) groups excluding carboxylic acids is 1. The minimum Gasteiger partial charge on any atom is -0.479 e. The molecule has 1 amide bonds. The number of rotatable bonds is 4. The van der Waals surface area contributed by atoms with Crippen molar-refractivity contribution in [1.29, 1.82) is 0 Å². The predicted octanol–water partition coefficient (Wildman–Crippen LogP) is 2.24. The molecular weight excluding hydrogens is 301 g/mol. The van der Waals surface area contributed by atoms with Crippen molar-refractivity contribution in [2.24, 2.45) is 0 Å². The summed E-state index contributed by atoms with van der Waals surface area (Å²) >= 11 is 2.70. The topological polar surface area (TPSA) is 66.4 Å². The van der Waals surface area contributed by atoms with E-state index in [-0.39, 0.29) is 5.56 Å². The summed E-state index contributed by atoms with van der Waals surface area (Å²) in [5.41, 5.74) is -0.941. The maximum absolute atomic E-state index is 13.4. The molecule has 1 fully saturated rings. The van der Waals surface area contributed by atoms with Gasteiger partial charge in [-0.3, -0.25) is 4.79 Å². The zero-order valence-electron chi connectivity index (χ0n) is 10.8. The van der Waals surface area contributed by atoms with Crippen molar-refractivity contribution in [3.05, 3.63) is 29.6 Å². The minimum absolute atomic E-state index is 0.272. The van der Waals surface area contributed by atoms with E-state index in [2.05, 4.69) is 5.32 Å². The molecule has 0 bridgehead atoms. The first-order chi connectivity index (χ1) is 9.48. The number of carboxylic acids is 1. The Morgan fingerprint density at radius 2 is 2.25 bits per heavy atom. The standard InChI is InChI=1S/C13H14FNO3S2/c1-19-10-6-8(2-3-9(10)14)11(16)15-13(12(17)18)4-5-20-7-13/h2-3,6H,4-5,7H2,1H3,(H,15,16)(H,17,18). The Balaban J connectivity index is 2.21. The van der Waals surface area contributed by atoms with Gasteiger partial charge in [-0.05, 0) is 36.6 Å². The molecule has 20 heavy (non-hydrogen) atoms. The van der Waals surface area contributed by atoms with Crippen molar-refractivity contribution < 1.29 is 19.1 Å². The number of hydrogen-bond acceptors (Lipinski definition) is 4. The summed E-state index contributed by atoms with van der Waals surface area (Å²) in [7, 11) is 0. The Morgan fingerprint density at radius 1 is 1.50 bits per heavy atom. The van der Waals surface area contributed by atoms with Crippen LogP contribution < -0.4 is 5.32 Å². The van der Waals surface area contributed by atoms with E-state index >= 15 is 0 Å². The Bertz CT molecular complexity index is 544. The average molecular weight is 315 g/mol. The van der Waals surface area contributed by atoms with Crippen molar-refractivity contribution in [3.8, 4) is 0 Å². The Labute approximate surface area is 124 Å². The number of halogens is 1. The van der Waals surface area contributed by atoms with E-state index in [0.717, 1.165) is 0 Å². The fourth-order valence-electron chi connectivity index (χ4n) is 1.98. The molecule has 0 aliphatic carbocycles. The second kappa shape index (κ2) is 6.05. The fourth-order valence-corrected chi connectivity index (χ4v) is 3.81. The smallest absolute Gasteiger partial charge is 0.330 e. The predicted molar refractivity (Wildman–Crippen MR) is 78.0 cm³/mol. The van der Waals surface area contributed by atoms with Gasteiger partial charge in [-0.2, -0.15) is 11.8 Å². The number of carboxylic acid groups (broad SMARTS) is 1. The Morgan fingerprint density at radius 3 is 2.80 bits per heavy atom. The number of thioether (sulfide) groups is 2. The Kier molecular flexibility index (Phi) is 4.59. The molecule has 2 N–H and O–H groups in total. The van der Waals surface area contributed by atoms with Crippen molar-refractivity contribution in [1.82, 2.24) is 5.32 Å². The van der Waals surface area contributed by atoms with Crippen LogP contribution >= 0.6 is 23.5 Å². The third-order valence-electron chi connectivity index (χ3n) is 3.20. The maximum Gasteiger partial charge on any atom is 0.330 e. The summed E-state index contributed by atoms with van der Waals surface area (Å²) in [5, 5.41) is 11.9. The van der Waals surface area contributed by atoms with Crippen LogP contribution in [0.4, 0.5) is 4.39 Å². The summed E-state index contributed by atoms with van der Waals surface area (Å²) in [6.45, 7) is 0. The highest BCUT2D eigenvalue weighted by Gasteiger charge is 2.43. The van der Waals surface area contributed by atoms with E-state index in [1.54, 1.807) is 6.26 Å². The molecule has 7 heteroatoms. The van der Waals surface area contributed by atoms with Crippen molar-refractivity contribution in [3.63, 3.8) is 0 Å². The van der Waals surface area contributed by atoms with Gasteiger partial charge in [-0.25, -0.2) is 9.18 Å². The van der Waals surface area contributed by atoms with E-state index < -0.39 is 23.2 Å². The van der Waals surface area contributed by atoms with Crippen LogP contribution in [0.1, 0.15) is 16.8 Å². The lowest BCUT2D eigenvalue weighted by molar-refractivity contribution is -0.143. The highest BCUT2D eigenvalue weighted by Crippen LogP contribution is 2.29. The fraction of sp³-hybridized carbons (Fsp3) is 0.385. The third-order valence-corrected chi connectivity index (χ3v) is 5.14. The molecule has 4 nitrogen and oxygen atoms in total. The summed E-state index contributed by atoms with van der Waals surface area (Å²) in [5.74, 6) is -0.844. The molecule has 1 aliphatic rings. The van der Waals surface area contributed by atoms with E-state index in [1.165, 1.54) is 41.7 Å². The number of aliphatic carboxylic acids is 1. The molecular formula is C13H14FNO3S2. The first kappa shape index (κ1) is 15.2. The SMILES string of the molecule is CSc1cc(C(=O)NC2(C(=O)O)CCSC2)ccc1F. The lowest BCUT2D eigenvalue weighted by Crippen LogP contribution is -2.54. The number of benzene rings is 1. The molecule has 1 unspecified atom stereocenters. The number of amides is 1. The second-order valence-electron chi connectivity index (χ2n) is 4.49.